The summed E-state index contributed by atoms with van der Waals surface area (Å²) in [4.78, 5) is 2.26. The SMILES string of the molecule is CC(N)c1ccc(N(C)C2CC2)c(Cl)c1. The van der Waals surface area contributed by atoms with Crippen molar-refractivity contribution in [3.05, 3.63) is 28.8 Å². The van der Waals surface area contributed by atoms with Crippen LogP contribution in [0, 0.1) is 0 Å². The summed E-state index contributed by atoms with van der Waals surface area (Å²) in [5.41, 5.74) is 8.01. The van der Waals surface area contributed by atoms with Gasteiger partial charge < -0.3 is 10.6 Å². The van der Waals surface area contributed by atoms with E-state index in [0.29, 0.717) is 6.04 Å². The first kappa shape index (κ1) is 10.8. The second-order valence-corrected chi connectivity index (χ2v) is 4.75. The Bertz CT molecular complexity index is 359. The lowest BCUT2D eigenvalue weighted by Crippen LogP contribution is -2.19. The molecule has 15 heavy (non-hydrogen) atoms. The quantitative estimate of drug-likeness (QED) is 0.856. The fourth-order valence-electron chi connectivity index (χ4n) is 1.75. The molecular weight excluding hydrogens is 208 g/mol. The summed E-state index contributed by atoms with van der Waals surface area (Å²) in [7, 11) is 2.10. The molecular formula is C12H17ClN2. The van der Waals surface area contributed by atoms with E-state index in [9.17, 15) is 0 Å². The molecule has 1 unspecified atom stereocenters. The van der Waals surface area contributed by atoms with E-state index in [-0.39, 0.29) is 6.04 Å². The molecule has 0 aromatic heterocycles. The molecule has 3 heteroatoms. The van der Waals surface area contributed by atoms with Crippen molar-refractivity contribution in [2.24, 2.45) is 5.73 Å². The summed E-state index contributed by atoms with van der Waals surface area (Å²) in [6, 6.07) is 6.83. The highest BCUT2D eigenvalue weighted by Gasteiger charge is 2.27. The molecule has 0 saturated heterocycles. The average molecular weight is 225 g/mol. The van der Waals surface area contributed by atoms with Gasteiger partial charge >= 0.3 is 0 Å². The molecule has 1 aliphatic rings. The number of benzene rings is 1. The number of nitrogens with zero attached hydrogens (tertiary/aromatic N) is 1. The van der Waals surface area contributed by atoms with Crippen molar-refractivity contribution < 1.29 is 0 Å². The van der Waals surface area contributed by atoms with Gasteiger partial charge in [-0.1, -0.05) is 17.7 Å². The third-order valence-electron chi connectivity index (χ3n) is 2.97. The van der Waals surface area contributed by atoms with E-state index in [0.717, 1.165) is 16.3 Å². The number of hydrogen-bond acceptors (Lipinski definition) is 2. The highest BCUT2D eigenvalue weighted by Crippen LogP contribution is 2.35. The fourth-order valence-corrected chi connectivity index (χ4v) is 2.07. The maximum atomic E-state index is 6.24. The van der Waals surface area contributed by atoms with Gasteiger partial charge in [-0.05, 0) is 37.5 Å². The van der Waals surface area contributed by atoms with Crippen LogP contribution >= 0.6 is 11.6 Å². The maximum Gasteiger partial charge on any atom is 0.0642 e. The first-order chi connectivity index (χ1) is 7.09. The summed E-state index contributed by atoms with van der Waals surface area (Å²) in [6.07, 6.45) is 2.56. The fraction of sp³-hybridized carbons (Fsp3) is 0.500. The second-order valence-electron chi connectivity index (χ2n) is 4.34. The minimum Gasteiger partial charge on any atom is -0.370 e. The summed E-state index contributed by atoms with van der Waals surface area (Å²) < 4.78 is 0. The molecule has 1 atom stereocenters. The van der Waals surface area contributed by atoms with E-state index in [4.69, 9.17) is 17.3 Å². The molecule has 0 spiro atoms. The first-order valence-electron chi connectivity index (χ1n) is 5.37. The summed E-state index contributed by atoms with van der Waals surface area (Å²) in [5.74, 6) is 0. The van der Waals surface area contributed by atoms with Gasteiger partial charge in [0.1, 0.15) is 0 Å². The Morgan fingerprint density at radius 3 is 2.60 bits per heavy atom. The predicted molar refractivity (Wildman–Crippen MR) is 65.5 cm³/mol. The van der Waals surface area contributed by atoms with Gasteiger partial charge in [-0.2, -0.15) is 0 Å². The van der Waals surface area contributed by atoms with Crippen LogP contribution in [-0.2, 0) is 0 Å². The van der Waals surface area contributed by atoms with Crippen molar-refractivity contribution in [3.63, 3.8) is 0 Å². The Morgan fingerprint density at radius 1 is 1.47 bits per heavy atom. The molecule has 1 aliphatic carbocycles. The lowest BCUT2D eigenvalue weighted by Gasteiger charge is -2.21. The van der Waals surface area contributed by atoms with Crippen molar-refractivity contribution in [3.8, 4) is 0 Å². The minimum atomic E-state index is 0.0442. The first-order valence-corrected chi connectivity index (χ1v) is 5.75. The maximum absolute atomic E-state index is 6.24. The third kappa shape index (κ3) is 2.27. The molecule has 1 fully saturated rings. The molecule has 1 aromatic carbocycles. The molecule has 2 rings (SSSR count). The van der Waals surface area contributed by atoms with Crippen LogP contribution in [0.5, 0.6) is 0 Å². The van der Waals surface area contributed by atoms with Gasteiger partial charge in [-0.15, -0.1) is 0 Å². The zero-order chi connectivity index (χ0) is 11.0. The van der Waals surface area contributed by atoms with E-state index in [2.05, 4.69) is 24.1 Å². The number of rotatable bonds is 3. The van der Waals surface area contributed by atoms with Crippen LogP contribution in [0.3, 0.4) is 0 Å². The molecule has 82 valence electrons. The molecule has 1 aromatic rings. The molecule has 1 saturated carbocycles. The molecule has 0 radical (unpaired) electrons. The van der Waals surface area contributed by atoms with Gasteiger partial charge in [0.2, 0.25) is 0 Å². The normalized spacial score (nSPS) is 17.6. The molecule has 2 N–H and O–H groups in total. The average Bonchev–Trinajstić information content (AvgIpc) is 2.99. The smallest absolute Gasteiger partial charge is 0.0642 e. The second kappa shape index (κ2) is 4.03. The van der Waals surface area contributed by atoms with Crippen molar-refractivity contribution >= 4 is 17.3 Å². The third-order valence-corrected chi connectivity index (χ3v) is 3.27. The van der Waals surface area contributed by atoms with Crippen LogP contribution in [0.2, 0.25) is 5.02 Å². The zero-order valence-corrected chi connectivity index (χ0v) is 9.96. The van der Waals surface area contributed by atoms with E-state index in [1.54, 1.807) is 0 Å². The van der Waals surface area contributed by atoms with Crippen molar-refractivity contribution in [1.29, 1.82) is 0 Å². The van der Waals surface area contributed by atoms with Crippen molar-refractivity contribution in [2.45, 2.75) is 31.8 Å². The van der Waals surface area contributed by atoms with Gasteiger partial charge in [-0.25, -0.2) is 0 Å². The van der Waals surface area contributed by atoms with Gasteiger partial charge in [0.05, 0.1) is 10.7 Å². The molecule has 0 heterocycles. The van der Waals surface area contributed by atoms with Gasteiger partial charge in [0, 0.05) is 19.1 Å². The van der Waals surface area contributed by atoms with E-state index in [1.807, 2.05) is 13.0 Å². The summed E-state index contributed by atoms with van der Waals surface area (Å²) >= 11 is 6.24. The topological polar surface area (TPSA) is 29.3 Å². The van der Waals surface area contributed by atoms with E-state index >= 15 is 0 Å². The highest BCUT2D eigenvalue weighted by molar-refractivity contribution is 6.33. The monoisotopic (exact) mass is 224 g/mol. The Hall–Kier alpha value is -0.730. The van der Waals surface area contributed by atoms with Crippen molar-refractivity contribution in [2.75, 3.05) is 11.9 Å². The van der Waals surface area contributed by atoms with Crippen LogP contribution in [0.25, 0.3) is 0 Å². The van der Waals surface area contributed by atoms with E-state index < -0.39 is 0 Å². The van der Waals surface area contributed by atoms with Gasteiger partial charge in [0.15, 0.2) is 0 Å². The Kier molecular flexibility index (Phi) is 2.89. The number of halogens is 1. The van der Waals surface area contributed by atoms with Crippen LogP contribution in [0.1, 0.15) is 31.4 Å². The number of nitrogens with two attached hydrogens (primary N) is 1. The lowest BCUT2D eigenvalue weighted by atomic mass is 10.1. The van der Waals surface area contributed by atoms with E-state index in [1.165, 1.54) is 12.8 Å². The number of hydrogen-bond donors (Lipinski definition) is 1. The Balaban J connectivity index is 2.25. The van der Waals surface area contributed by atoms with Crippen LogP contribution < -0.4 is 10.6 Å². The van der Waals surface area contributed by atoms with Gasteiger partial charge in [-0.3, -0.25) is 0 Å². The van der Waals surface area contributed by atoms with Gasteiger partial charge in [0.25, 0.3) is 0 Å². The number of anilines is 1. The summed E-state index contributed by atoms with van der Waals surface area (Å²) in [5, 5.41) is 0.805. The molecule has 0 bridgehead atoms. The predicted octanol–water partition coefficient (Wildman–Crippen LogP) is 2.96. The molecule has 2 nitrogen and oxygen atoms in total. The molecule has 0 aliphatic heterocycles. The Morgan fingerprint density at radius 2 is 2.13 bits per heavy atom. The summed E-state index contributed by atoms with van der Waals surface area (Å²) in [6.45, 7) is 1.97. The standard InChI is InChI=1S/C12H17ClN2/c1-8(14)9-3-6-12(11(13)7-9)15(2)10-4-5-10/h3,6-8,10H,4-5,14H2,1-2H3. The zero-order valence-electron chi connectivity index (χ0n) is 9.20. The largest absolute Gasteiger partial charge is 0.370 e. The highest BCUT2D eigenvalue weighted by atomic mass is 35.5. The minimum absolute atomic E-state index is 0.0442. The van der Waals surface area contributed by atoms with Crippen LogP contribution in [0.15, 0.2) is 18.2 Å². The Labute approximate surface area is 96.0 Å². The van der Waals surface area contributed by atoms with Crippen LogP contribution in [-0.4, -0.2) is 13.1 Å². The lowest BCUT2D eigenvalue weighted by molar-refractivity contribution is 0.817. The van der Waals surface area contributed by atoms with Crippen LogP contribution in [0.4, 0.5) is 5.69 Å². The van der Waals surface area contributed by atoms with Crippen molar-refractivity contribution in [1.82, 2.24) is 0 Å². The molecule has 0 amide bonds.